The van der Waals surface area contributed by atoms with Crippen molar-refractivity contribution in [3.05, 3.63) is 48.7 Å². The molecule has 0 N–H and O–H groups in total. The van der Waals surface area contributed by atoms with Crippen molar-refractivity contribution in [2.24, 2.45) is 11.8 Å². The molecule has 0 saturated carbocycles. The Morgan fingerprint density at radius 3 is 2.82 bits per heavy atom. The number of fused-ring (bicyclic) bond motifs is 4. The van der Waals surface area contributed by atoms with Crippen molar-refractivity contribution in [3.8, 4) is 5.75 Å². The maximum absolute atomic E-state index is 12.1. The molecule has 3 aliphatic heterocycles. The molecular weight excluding hydrogens is 376 g/mol. The minimum atomic E-state index is -3.64. The topological polar surface area (TPSA) is 68.7 Å². The SMILES string of the molecule is C=C[C@H]1CN2CC[C@H]1C[C@@H]2[C@H](OS(C)(=O)=O)c1ccnc2ccc(OC)cc12. The lowest BCUT2D eigenvalue weighted by molar-refractivity contribution is -0.0336. The zero-order valence-corrected chi connectivity index (χ0v) is 17.1. The Balaban J connectivity index is 1.80. The normalized spacial score (nSPS) is 28.2. The highest BCUT2D eigenvalue weighted by atomic mass is 32.2. The van der Waals surface area contributed by atoms with E-state index in [4.69, 9.17) is 8.92 Å². The number of ether oxygens (including phenoxy) is 1. The van der Waals surface area contributed by atoms with E-state index in [1.54, 1.807) is 13.3 Å². The summed E-state index contributed by atoms with van der Waals surface area (Å²) in [7, 11) is -2.03. The Morgan fingerprint density at radius 2 is 2.18 bits per heavy atom. The second-order valence-electron chi connectivity index (χ2n) is 7.75. The van der Waals surface area contributed by atoms with Gasteiger partial charge in [-0.3, -0.25) is 14.1 Å². The second-order valence-corrected chi connectivity index (χ2v) is 9.35. The highest BCUT2D eigenvalue weighted by molar-refractivity contribution is 7.86. The predicted molar refractivity (Wildman–Crippen MR) is 109 cm³/mol. The molecule has 5 rings (SSSR count). The summed E-state index contributed by atoms with van der Waals surface area (Å²) >= 11 is 0. The molecule has 2 bridgehead atoms. The van der Waals surface area contributed by atoms with Gasteiger partial charge in [0.2, 0.25) is 0 Å². The van der Waals surface area contributed by atoms with Gasteiger partial charge < -0.3 is 4.74 Å². The van der Waals surface area contributed by atoms with Gasteiger partial charge in [0, 0.05) is 24.2 Å². The quantitative estimate of drug-likeness (QED) is 0.546. The van der Waals surface area contributed by atoms with Crippen LogP contribution in [0.1, 0.15) is 24.5 Å². The molecule has 0 aliphatic carbocycles. The summed E-state index contributed by atoms with van der Waals surface area (Å²) in [5.74, 6) is 1.68. The van der Waals surface area contributed by atoms with Crippen LogP contribution in [0.5, 0.6) is 5.75 Å². The third kappa shape index (κ3) is 3.66. The van der Waals surface area contributed by atoms with E-state index < -0.39 is 16.2 Å². The molecule has 3 aliphatic rings. The van der Waals surface area contributed by atoms with Crippen LogP contribution in [0.2, 0.25) is 0 Å². The molecule has 5 atom stereocenters. The molecular formula is C21H26N2O4S. The fourth-order valence-corrected chi connectivity index (χ4v) is 5.33. The minimum absolute atomic E-state index is 0.00137. The van der Waals surface area contributed by atoms with Gasteiger partial charge in [0.05, 0.1) is 18.9 Å². The average Bonchev–Trinajstić information content (AvgIpc) is 2.70. The van der Waals surface area contributed by atoms with Crippen LogP contribution < -0.4 is 4.74 Å². The zero-order valence-electron chi connectivity index (χ0n) is 16.2. The Labute approximate surface area is 166 Å². The number of rotatable bonds is 6. The molecule has 1 aromatic heterocycles. The Hall–Kier alpha value is -1.96. The molecule has 6 nitrogen and oxygen atoms in total. The first-order valence-electron chi connectivity index (χ1n) is 9.57. The lowest BCUT2D eigenvalue weighted by Crippen LogP contribution is -2.55. The molecule has 2 aromatic rings. The smallest absolute Gasteiger partial charge is 0.265 e. The van der Waals surface area contributed by atoms with Crippen molar-refractivity contribution in [3.63, 3.8) is 0 Å². The molecule has 0 radical (unpaired) electrons. The Morgan fingerprint density at radius 1 is 1.36 bits per heavy atom. The number of hydrogen-bond acceptors (Lipinski definition) is 6. The fraction of sp³-hybridized carbons (Fsp3) is 0.476. The van der Waals surface area contributed by atoms with E-state index in [9.17, 15) is 8.42 Å². The van der Waals surface area contributed by atoms with E-state index in [2.05, 4.69) is 16.5 Å². The average molecular weight is 403 g/mol. The summed E-state index contributed by atoms with van der Waals surface area (Å²) in [5, 5.41) is 0.860. The van der Waals surface area contributed by atoms with Gasteiger partial charge in [-0.25, -0.2) is 0 Å². The van der Waals surface area contributed by atoms with Crippen LogP contribution in [0.15, 0.2) is 43.1 Å². The van der Waals surface area contributed by atoms with E-state index in [0.29, 0.717) is 17.6 Å². The van der Waals surface area contributed by atoms with Gasteiger partial charge in [0.25, 0.3) is 10.1 Å². The van der Waals surface area contributed by atoms with Gasteiger partial charge in [0.1, 0.15) is 11.9 Å². The molecule has 4 heterocycles. The van der Waals surface area contributed by atoms with Gasteiger partial charge in [-0.05, 0) is 61.1 Å². The number of methoxy groups -OCH3 is 1. The van der Waals surface area contributed by atoms with Gasteiger partial charge >= 0.3 is 0 Å². The number of aromatic nitrogens is 1. The van der Waals surface area contributed by atoms with Crippen molar-refractivity contribution in [1.29, 1.82) is 0 Å². The summed E-state index contributed by atoms with van der Waals surface area (Å²) in [6, 6.07) is 7.51. The third-order valence-corrected chi connectivity index (χ3v) is 6.63. The summed E-state index contributed by atoms with van der Waals surface area (Å²) in [6.07, 6.45) is 6.29. The lowest BCUT2D eigenvalue weighted by Gasteiger charge is -2.51. The van der Waals surface area contributed by atoms with Crippen molar-refractivity contribution < 1.29 is 17.3 Å². The number of piperidine rings is 3. The maximum Gasteiger partial charge on any atom is 0.265 e. The first-order chi connectivity index (χ1) is 13.4. The van der Waals surface area contributed by atoms with E-state index in [-0.39, 0.29) is 6.04 Å². The van der Waals surface area contributed by atoms with Gasteiger partial charge in [-0.1, -0.05) is 6.08 Å². The number of nitrogens with zero attached hydrogens (tertiary/aromatic N) is 2. The summed E-state index contributed by atoms with van der Waals surface area (Å²) in [5.41, 5.74) is 1.63. The molecule has 3 fully saturated rings. The fourth-order valence-electron chi connectivity index (χ4n) is 4.73. The van der Waals surface area contributed by atoms with E-state index in [1.807, 2.05) is 30.3 Å². The number of benzene rings is 1. The highest BCUT2D eigenvalue weighted by Crippen LogP contribution is 2.44. The van der Waals surface area contributed by atoms with Crippen molar-refractivity contribution in [2.75, 3.05) is 26.5 Å². The van der Waals surface area contributed by atoms with Gasteiger partial charge in [0.15, 0.2) is 0 Å². The molecule has 0 amide bonds. The van der Waals surface area contributed by atoms with Crippen LogP contribution in [0.4, 0.5) is 0 Å². The maximum atomic E-state index is 12.1. The molecule has 0 spiro atoms. The van der Waals surface area contributed by atoms with Crippen LogP contribution in [0, 0.1) is 11.8 Å². The van der Waals surface area contributed by atoms with Gasteiger partial charge in [-0.2, -0.15) is 8.42 Å². The standard InChI is InChI=1S/C21H26N2O4S/c1-4-14-13-23-10-8-15(14)11-20(23)21(27-28(3,24)25)17-7-9-22-19-6-5-16(26-2)12-18(17)19/h4-7,9,12,14-15,20-21H,1,8,10-11,13H2,2-3H3/t14-,15-,20+,21+/m0/s1. The Bertz CT molecular complexity index is 991. The molecule has 28 heavy (non-hydrogen) atoms. The Kier molecular flexibility index (Phi) is 5.16. The predicted octanol–water partition coefficient (Wildman–Crippen LogP) is 3.16. The van der Waals surface area contributed by atoms with Crippen molar-refractivity contribution >= 4 is 21.0 Å². The zero-order chi connectivity index (χ0) is 19.9. The van der Waals surface area contributed by atoms with Crippen molar-refractivity contribution in [1.82, 2.24) is 9.88 Å². The molecule has 1 unspecified atom stereocenters. The van der Waals surface area contributed by atoms with E-state index >= 15 is 0 Å². The second kappa shape index (κ2) is 7.46. The molecule has 150 valence electrons. The largest absolute Gasteiger partial charge is 0.497 e. The van der Waals surface area contributed by atoms with Crippen LogP contribution in [-0.2, 0) is 14.3 Å². The lowest BCUT2D eigenvalue weighted by atomic mass is 9.73. The van der Waals surface area contributed by atoms with Crippen LogP contribution >= 0.6 is 0 Å². The minimum Gasteiger partial charge on any atom is -0.497 e. The first kappa shape index (κ1) is 19.4. The van der Waals surface area contributed by atoms with E-state index in [1.165, 1.54) is 0 Å². The van der Waals surface area contributed by atoms with Crippen LogP contribution in [-0.4, -0.2) is 50.8 Å². The summed E-state index contributed by atoms with van der Waals surface area (Å²) in [6.45, 7) is 5.83. The van der Waals surface area contributed by atoms with Crippen molar-refractivity contribution in [2.45, 2.75) is 25.0 Å². The highest BCUT2D eigenvalue weighted by Gasteiger charge is 2.44. The molecule has 1 aromatic carbocycles. The van der Waals surface area contributed by atoms with Crippen LogP contribution in [0.3, 0.4) is 0 Å². The first-order valence-corrected chi connectivity index (χ1v) is 11.4. The van der Waals surface area contributed by atoms with E-state index in [0.717, 1.165) is 48.7 Å². The third-order valence-electron chi connectivity index (χ3n) is 6.07. The molecule has 7 heteroatoms. The van der Waals surface area contributed by atoms with Crippen LogP contribution in [0.25, 0.3) is 10.9 Å². The summed E-state index contributed by atoms with van der Waals surface area (Å²) in [4.78, 5) is 6.78. The monoisotopic (exact) mass is 402 g/mol. The molecule has 3 saturated heterocycles. The number of hydrogen-bond donors (Lipinski definition) is 0. The van der Waals surface area contributed by atoms with Gasteiger partial charge in [-0.15, -0.1) is 6.58 Å². The number of pyridine rings is 1. The summed E-state index contributed by atoms with van der Waals surface area (Å²) < 4.78 is 35.4.